The van der Waals surface area contributed by atoms with Crippen molar-refractivity contribution in [2.24, 2.45) is 13.5 Å². The molecular weight excluding hydrogens is 851 g/mol. The zero-order chi connectivity index (χ0) is 36.5. The van der Waals surface area contributed by atoms with Gasteiger partial charge in [-0.3, -0.25) is 0 Å². The van der Waals surface area contributed by atoms with Crippen molar-refractivity contribution in [2.45, 2.75) is 229 Å². The highest BCUT2D eigenvalue weighted by Gasteiger charge is 2.72. The monoisotopic (exact) mass is 915 g/mol. The van der Waals surface area contributed by atoms with Crippen LogP contribution in [0, 0.1) is 0 Å². The van der Waals surface area contributed by atoms with Crippen LogP contribution in [0.3, 0.4) is 0 Å². The van der Waals surface area contributed by atoms with Gasteiger partial charge in [-0.15, -0.1) is 0 Å². The van der Waals surface area contributed by atoms with E-state index in [0.717, 1.165) is 0 Å². The Hall–Kier alpha value is 2.61. The van der Waals surface area contributed by atoms with Gasteiger partial charge in [0, 0.05) is 36.3 Å². The Morgan fingerprint density at radius 3 is 0.574 bits per heavy atom. The van der Waals surface area contributed by atoms with E-state index < -0.39 is 45.2 Å². The molecule has 3 saturated heterocycles. The first-order valence-corrected chi connectivity index (χ1v) is 33.8. The molecule has 0 aromatic carbocycles. The van der Waals surface area contributed by atoms with Crippen LogP contribution in [0.5, 0.6) is 0 Å². The quantitative estimate of drug-likeness (QED) is 0.248. The highest BCUT2D eigenvalue weighted by Crippen LogP contribution is 3.04. The van der Waals surface area contributed by atoms with Crippen molar-refractivity contribution in [3.63, 3.8) is 0 Å². The average Bonchev–Trinajstić information content (AvgIpc) is 3.20. The third kappa shape index (κ3) is 6.74. The van der Waals surface area contributed by atoms with Crippen LogP contribution in [0.15, 0.2) is 13.5 Å². The third-order valence-electron chi connectivity index (χ3n) is 14.8. The van der Waals surface area contributed by atoms with Gasteiger partial charge < -0.3 is 0 Å². The zero-order valence-electron chi connectivity index (χ0n) is 32.5. The summed E-state index contributed by atoms with van der Waals surface area (Å²) < 4.78 is 37.1. The first-order chi connectivity index (χ1) is 26.5. The summed E-state index contributed by atoms with van der Waals surface area (Å²) in [6.07, 6.45) is 38.7. The topological polar surface area (TPSA) is 56.5 Å². The number of hydrogen-bond acceptors (Lipinski definition) is 9. The molecule has 0 radical (unpaired) electrons. The SMILES string of the molecule is ClP1N(C2CCCCC2)P2(=NP3(=NP4(=N2)N(C2CCCCC2)P(Cl)N4C2CCCCC2)N(C2CCCCC2)P(Cl)N3C2CCCCC2)N1C1CCCCC1. The third-order valence-corrected chi connectivity index (χ3v) is 42.0. The Bertz CT molecular complexity index is 1240. The number of halogens is 3. The molecule has 0 N–H and O–H groups in total. The molecule has 0 unspecified atom stereocenters. The van der Waals surface area contributed by atoms with Crippen LogP contribution in [-0.4, -0.2) is 62.9 Å². The van der Waals surface area contributed by atoms with Gasteiger partial charge in [-0.05, 0) is 77.0 Å². The van der Waals surface area contributed by atoms with Crippen molar-refractivity contribution >= 4 is 79.0 Å². The molecule has 306 valence electrons. The van der Waals surface area contributed by atoms with Crippen LogP contribution in [0.2, 0.25) is 0 Å². The molecule has 9 fully saturated rings. The lowest BCUT2D eigenvalue weighted by molar-refractivity contribution is 0.267. The Kier molecular flexibility index (Phi) is 12.8. The minimum Gasteiger partial charge on any atom is -0.188 e. The summed E-state index contributed by atoms with van der Waals surface area (Å²) in [4.78, 5) is 0. The van der Waals surface area contributed by atoms with Crippen LogP contribution in [0.1, 0.15) is 193 Å². The lowest BCUT2D eigenvalue weighted by Gasteiger charge is -2.69. The van der Waals surface area contributed by atoms with E-state index in [1.807, 2.05) is 0 Å². The Morgan fingerprint density at radius 1 is 0.278 bits per heavy atom. The van der Waals surface area contributed by atoms with Crippen LogP contribution in [-0.2, 0) is 0 Å². The van der Waals surface area contributed by atoms with E-state index in [9.17, 15) is 0 Å². The van der Waals surface area contributed by atoms with E-state index in [1.54, 1.807) is 0 Å². The molecule has 9 nitrogen and oxygen atoms in total. The first kappa shape index (κ1) is 40.7. The van der Waals surface area contributed by atoms with Crippen molar-refractivity contribution in [1.82, 2.24) is 26.6 Å². The predicted octanol–water partition coefficient (Wildman–Crippen LogP) is 17.1. The molecule has 10 rings (SSSR count). The van der Waals surface area contributed by atoms with E-state index in [-0.39, 0.29) is 0 Å². The van der Waals surface area contributed by atoms with Crippen molar-refractivity contribution in [1.29, 1.82) is 0 Å². The maximum Gasteiger partial charge on any atom is 0.232 e. The summed E-state index contributed by atoms with van der Waals surface area (Å²) >= 11 is 24.0. The molecule has 0 aromatic rings. The molecule has 54 heavy (non-hydrogen) atoms. The molecule has 4 aliphatic heterocycles. The normalized spacial score (nSPS) is 43.1. The van der Waals surface area contributed by atoms with E-state index in [0.29, 0.717) is 36.3 Å². The molecule has 0 amide bonds. The highest BCUT2D eigenvalue weighted by molar-refractivity contribution is 8.08. The fourth-order valence-electron chi connectivity index (χ4n) is 12.1. The summed E-state index contributed by atoms with van der Waals surface area (Å²) in [6.45, 7) is 0. The van der Waals surface area contributed by atoms with Crippen molar-refractivity contribution in [3.8, 4) is 0 Å². The molecule has 0 atom stereocenters. The van der Waals surface area contributed by atoms with Gasteiger partial charge >= 0.3 is 0 Å². The second-order valence-corrected chi connectivity index (χ2v) is 34.9. The second kappa shape index (κ2) is 17.1. The molecule has 10 aliphatic rings. The molecule has 18 heteroatoms. The largest absolute Gasteiger partial charge is 0.232 e. The predicted molar refractivity (Wildman–Crippen MR) is 239 cm³/mol. The molecular formula is C36H66Cl3N9P6. The summed E-state index contributed by atoms with van der Waals surface area (Å²) in [7, 11) is -10.7. The fraction of sp³-hybridized carbons (Fsp3) is 1.00. The Balaban J connectivity index is 1.25. The fourth-order valence-corrected chi connectivity index (χ4v) is 46.7. The summed E-state index contributed by atoms with van der Waals surface area (Å²) in [5.74, 6) is 0. The van der Waals surface area contributed by atoms with Gasteiger partial charge in [-0.1, -0.05) is 149 Å². The van der Waals surface area contributed by atoms with E-state index >= 15 is 0 Å². The second-order valence-electron chi connectivity index (χ2n) is 18.3. The summed E-state index contributed by atoms with van der Waals surface area (Å²) in [5.41, 5.74) is 0. The maximum absolute atomic E-state index is 8.00. The lowest BCUT2D eigenvalue weighted by atomic mass is 9.96. The maximum atomic E-state index is 8.00. The number of nitrogens with zero attached hydrogens (tertiary/aromatic N) is 9. The lowest BCUT2D eigenvalue weighted by Crippen LogP contribution is -2.53. The van der Waals surface area contributed by atoms with Crippen molar-refractivity contribution in [3.05, 3.63) is 0 Å². The van der Waals surface area contributed by atoms with Crippen LogP contribution in [0.25, 0.3) is 0 Å². The van der Waals surface area contributed by atoms with Crippen molar-refractivity contribution < 1.29 is 0 Å². The molecule has 4 heterocycles. The minimum atomic E-state index is -2.60. The van der Waals surface area contributed by atoms with Gasteiger partial charge in [0.25, 0.3) is 0 Å². The number of hydrogen-bond donors (Lipinski definition) is 0. The average molecular weight is 917 g/mol. The smallest absolute Gasteiger partial charge is 0.188 e. The molecule has 6 aliphatic carbocycles. The van der Waals surface area contributed by atoms with Gasteiger partial charge in [0.2, 0.25) is 22.5 Å². The van der Waals surface area contributed by atoms with E-state index in [4.69, 9.17) is 47.3 Å². The number of rotatable bonds is 6. The van der Waals surface area contributed by atoms with Gasteiger partial charge in [0.15, 0.2) is 22.7 Å². The van der Waals surface area contributed by atoms with Crippen LogP contribution in [0.4, 0.5) is 0 Å². The molecule has 0 aromatic heterocycles. The molecule has 3 spiro atoms. The minimum absolute atomic E-state index is 0.483. The zero-order valence-corrected chi connectivity index (χ0v) is 40.2. The van der Waals surface area contributed by atoms with Gasteiger partial charge in [0.1, 0.15) is 0 Å². The summed E-state index contributed by atoms with van der Waals surface area (Å²) in [6, 6.07) is 2.90. The van der Waals surface area contributed by atoms with Crippen molar-refractivity contribution in [2.75, 3.05) is 0 Å². The van der Waals surface area contributed by atoms with Crippen LogP contribution < -0.4 is 0 Å². The van der Waals surface area contributed by atoms with E-state index in [1.165, 1.54) is 193 Å². The highest BCUT2D eigenvalue weighted by atomic mass is 35.7. The van der Waals surface area contributed by atoms with Crippen LogP contribution >= 0.6 is 79.0 Å². The van der Waals surface area contributed by atoms with Gasteiger partial charge in [0.05, 0.1) is 0 Å². The molecule has 0 bridgehead atoms. The summed E-state index contributed by atoms with van der Waals surface area (Å²) in [5, 5.41) is 0. The van der Waals surface area contributed by atoms with Gasteiger partial charge in [-0.2, -0.15) is 40.2 Å². The Morgan fingerprint density at radius 2 is 0.426 bits per heavy atom. The van der Waals surface area contributed by atoms with Gasteiger partial charge in [-0.25, -0.2) is 0 Å². The van der Waals surface area contributed by atoms with E-state index in [2.05, 4.69) is 26.6 Å². The molecule has 6 saturated carbocycles. The Labute approximate surface area is 346 Å². The first-order valence-electron chi connectivity index (χ1n) is 22.6. The standard InChI is InChI=1S/C36H66Cl3N9P6/c37-49-43(31-19-7-1-8-20-31)52(44(49)32-21-9-2-10-22-32)40-53(45(33-23-11-3-12-24-33)50(38)46(53)34-25-13-4-14-26-34)42-54(41-52)47(35-27-15-5-16-28-35)51(39)48(54)36-29-17-6-18-30-36/h31-36H,1-30H2.